The lowest BCUT2D eigenvalue weighted by atomic mass is 10.1. The first-order valence-corrected chi connectivity index (χ1v) is 7.41. The lowest BCUT2D eigenvalue weighted by Crippen LogP contribution is -2.38. The van der Waals surface area contributed by atoms with Gasteiger partial charge in [0.25, 0.3) is 0 Å². The van der Waals surface area contributed by atoms with Crippen LogP contribution in [0.2, 0.25) is 0 Å². The summed E-state index contributed by atoms with van der Waals surface area (Å²) in [4.78, 5) is 11.3. The first-order chi connectivity index (χ1) is 9.01. The Morgan fingerprint density at radius 1 is 1.16 bits per heavy atom. The van der Waals surface area contributed by atoms with E-state index in [1.807, 2.05) is 6.07 Å². The Labute approximate surface area is 117 Å². The van der Waals surface area contributed by atoms with Crippen molar-refractivity contribution in [3.8, 4) is 0 Å². The van der Waals surface area contributed by atoms with Crippen molar-refractivity contribution in [2.45, 2.75) is 59.9 Å². The van der Waals surface area contributed by atoms with Gasteiger partial charge in [-0.15, -0.1) is 0 Å². The Balaban J connectivity index is 3.11. The van der Waals surface area contributed by atoms with Gasteiger partial charge >= 0.3 is 0 Å². The number of hydrogen-bond donors (Lipinski definition) is 1. The van der Waals surface area contributed by atoms with Crippen LogP contribution in [0.25, 0.3) is 0 Å². The number of hydrogen-bond acceptors (Lipinski definition) is 4. The van der Waals surface area contributed by atoms with Crippen molar-refractivity contribution >= 4 is 11.6 Å². The van der Waals surface area contributed by atoms with Crippen LogP contribution >= 0.6 is 0 Å². The van der Waals surface area contributed by atoms with E-state index in [9.17, 15) is 0 Å². The molecule has 1 aromatic heterocycles. The van der Waals surface area contributed by atoms with E-state index in [1.54, 1.807) is 0 Å². The minimum absolute atomic E-state index is 0.515. The summed E-state index contributed by atoms with van der Waals surface area (Å²) in [5.74, 6) is 2.98. The molecule has 1 heterocycles. The van der Waals surface area contributed by atoms with Crippen LogP contribution in [0.3, 0.4) is 0 Å². The van der Waals surface area contributed by atoms with Crippen LogP contribution < -0.4 is 10.6 Å². The van der Waals surface area contributed by atoms with E-state index >= 15 is 0 Å². The maximum atomic E-state index is 5.91. The smallest absolute Gasteiger partial charge is 0.134 e. The molecule has 0 saturated carbocycles. The van der Waals surface area contributed by atoms with Crippen molar-refractivity contribution in [3.63, 3.8) is 0 Å². The molecule has 1 rings (SSSR count). The van der Waals surface area contributed by atoms with E-state index in [4.69, 9.17) is 5.73 Å². The van der Waals surface area contributed by atoms with Gasteiger partial charge in [-0.3, -0.25) is 0 Å². The van der Waals surface area contributed by atoms with Crippen LogP contribution in [0.1, 0.15) is 53.3 Å². The third-order valence-corrected chi connectivity index (χ3v) is 3.33. The van der Waals surface area contributed by atoms with Gasteiger partial charge in [-0.05, 0) is 18.8 Å². The Kier molecular flexibility index (Phi) is 6.06. The Morgan fingerprint density at radius 3 is 2.26 bits per heavy atom. The highest BCUT2D eigenvalue weighted by Crippen LogP contribution is 2.21. The molecular formula is C15H28N4. The normalized spacial score (nSPS) is 11.3. The summed E-state index contributed by atoms with van der Waals surface area (Å²) >= 11 is 0. The van der Waals surface area contributed by atoms with E-state index in [0.29, 0.717) is 17.8 Å². The quantitative estimate of drug-likeness (QED) is 0.821. The van der Waals surface area contributed by atoms with Gasteiger partial charge in [-0.1, -0.05) is 34.6 Å². The lowest BCUT2D eigenvalue weighted by Gasteiger charge is -2.33. The fraction of sp³-hybridized carbons (Fsp3) is 0.733. The molecule has 0 bridgehead atoms. The fourth-order valence-corrected chi connectivity index (χ4v) is 2.36. The van der Waals surface area contributed by atoms with E-state index in [2.05, 4.69) is 49.5 Å². The highest BCUT2D eigenvalue weighted by atomic mass is 15.2. The molecule has 4 nitrogen and oxygen atoms in total. The molecule has 0 aliphatic rings. The molecule has 0 aromatic carbocycles. The largest absolute Gasteiger partial charge is 0.384 e. The molecule has 0 amide bonds. The second-order valence-electron chi connectivity index (χ2n) is 5.44. The summed E-state index contributed by atoms with van der Waals surface area (Å²) in [5.41, 5.74) is 5.91. The van der Waals surface area contributed by atoms with E-state index in [1.165, 1.54) is 0 Å². The van der Waals surface area contributed by atoms with Crippen LogP contribution in [0.15, 0.2) is 6.07 Å². The summed E-state index contributed by atoms with van der Waals surface area (Å²) in [6.45, 7) is 12.0. The number of nitrogens with zero attached hydrogens (tertiary/aromatic N) is 3. The summed E-state index contributed by atoms with van der Waals surface area (Å²) < 4.78 is 0. The molecule has 4 heteroatoms. The van der Waals surface area contributed by atoms with E-state index in [0.717, 1.165) is 37.4 Å². The number of anilines is 2. The second-order valence-corrected chi connectivity index (χ2v) is 5.44. The van der Waals surface area contributed by atoms with Gasteiger partial charge in [0.1, 0.15) is 17.5 Å². The molecule has 0 radical (unpaired) electrons. The summed E-state index contributed by atoms with van der Waals surface area (Å²) in [7, 11) is 0. The lowest BCUT2D eigenvalue weighted by molar-refractivity contribution is 0.502. The number of rotatable bonds is 7. The van der Waals surface area contributed by atoms with Crippen LogP contribution in [0.5, 0.6) is 0 Å². The number of aromatic nitrogens is 2. The average Bonchev–Trinajstić information content (AvgIpc) is 2.37. The molecule has 108 valence electrons. The summed E-state index contributed by atoms with van der Waals surface area (Å²) in [5, 5.41) is 0. The van der Waals surface area contributed by atoms with Gasteiger partial charge in [-0.2, -0.15) is 0 Å². The SMILES string of the molecule is CCc1nc(N)cc(N(CC(C)C)C(CC)CC)n1. The van der Waals surface area contributed by atoms with Crippen molar-refractivity contribution in [3.05, 3.63) is 11.9 Å². The predicted molar refractivity (Wildman–Crippen MR) is 82.4 cm³/mol. The zero-order chi connectivity index (χ0) is 14.4. The molecule has 0 fully saturated rings. The van der Waals surface area contributed by atoms with Crippen molar-refractivity contribution in [1.82, 2.24) is 9.97 Å². The van der Waals surface area contributed by atoms with Crippen molar-refractivity contribution < 1.29 is 0 Å². The highest BCUT2D eigenvalue weighted by Gasteiger charge is 2.19. The molecular weight excluding hydrogens is 236 g/mol. The number of aryl methyl sites for hydroxylation is 1. The van der Waals surface area contributed by atoms with Crippen molar-refractivity contribution in [1.29, 1.82) is 0 Å². The Hall–Kier alpha value is -1.32. The molecule has 0 spiro atoms. The van der Waals surface area contributed by atoms with Crippen molar-refractivity contribution in [2.75, 3.05) is 17.2 Å². The fourth-order valence-electron chi connectivity index (χ4n) is 2.36. The predicted octanol–water partition coefficient (Wildman–Crippen LogP) is 3.27. The number of nitrogens with two attached hydrogens (primary N) is 1. The molecule has 2 N–H and O–H groups in total. The standard InChI is InChI=1S/C15H28N4/c1-6-12(7-2)19(10-11(4)5)15-9-13(16)17-14(8-3)18-15/h9,11-12H,6-8,10H2,1-5H3,(H2,16,17,18). The topological polar surface area (TPSA) is 55.0 Å². The highest BCUT2D eigenvalue weighted by molar-refractivity contribution is 5.48. The zero-order valence-electron chi connectivity index (χ0n) is 13.0. The summed E-state index contributed by atoms with van der Waals surface area (Å²) in [6.07, 6.45) is 3.06. The van der Waals surface area contributed by atoms with Crippen LogP contribution in [0, 0.1) is 5.92 Å². The molecule has 0 atom stereocenters. The Bertz CT molecular complexity index is 386. The molecule has 0 unspecified atom stereocenters. The Morgan fingerprint density at radius 2 is 1.79 bits per heavy atom. The third kappa shape index (κ3) is 4.37. The number of nitrogen functional groups attached to an aromatic ring is 1. The molecule has 19 heavy (non-hydrogen) atoms. The third-order valence-electron chi connectivity index (χ3n) is 3.33. The van der Waals surface area contributed by atoms with Crippen molar-refractivity contribution in [2.24, 2.45) is 5.92 Å². The van der Waals surface area contributed by atoms with Gasteiger partial charge in [0.05, 0.1) is 0 Å². The van der Waals surface area contributed by atoms with Gasteiger partial charge in [0.15, 0.2) is 0 Å². The summed E-state index contributed by atoms with van der Waals surface area (Å²) in [6, 6.07) is 2.42. The van der Waals surface area contributed by atoms with Gasteiger partial charge in [0.2, 0.25) is 0 Å². The second kappa shape index (κ2) is 7.31. The maximum absolute atomic E-state index is 5.91. The minimum Gasteiger partial charge on any atom is -0.384 e. The molecule has 1 aromatic rings. The van der Waals surface area contributed by atoms with Gasteiger partial charge < -0.3 is 10.6 Å². The molecule has 0 saturated heterocycles. The minimum atomic E-state index is 0.515. The monoisotopic (exact) mass is 264 g/mol. The maximum Gasteiger partial charge on any atom is 0.134 e. The molecule has 0 aliphatic carbocycles. The molecule has 0 aliphatic heterocycles. The van der Waals surface area contributed by atoms with Gasteiger partial charge in [-0.25, -0.2) is 9.97 Å². The van der Waals surface area contributed by atoms with E-state index in [-0.39, 0.29) is 0 Å². The first kappa shape index (κ1) is 15.7. The first-order valence-electron chi connectivity index (χ1n) is 7.41. The van der Waals surface area contributed by atoms with Gasteiger partial charge in [0, 0.05) is 25.1 Å². The van der Waals surface area contributed by atoms with Crippen LogP contribution in [0.4, 0.5) is 11.6 Å². The average molecular weight is 264 g/mol. The van der Waals surface area contributed by atoms with E-state index < -0.39 is 0 Å². The van der Waals surface area contributed by atoms with Crippen LogP contribution in [-0.2, 0) is 6.42 Å². The van der Waals surface area contributed by atoms with Crippen LogP contribution in [-0.4, -0.2) is 22.6 Å². The zero-order valence-corrected chi connectivity index (χ0v) is 13.0.